The SMILES string of the molecule is CNc1nc(Nc2ccc(Cl)c(Cl)c2)ncc1NC(=O)N(CCOC)CCOC. The fourth-order valence-electron chi connectivity index (χ4n) is 2.34. The number of hydrogen-bond acceptors (Lipinski definition) is 7. The van der Waals surface area contributed by atoms with Crippen LogP contribution in [0.15, 0.2) is 24.4 Å². The van der Waals surface area contributed by atoms with Crippen molar-refractivity contribution in [3.8, 4) is 0 Å². The normalized spacial score (nSPS) is 10.5. The van der Waals surface area contributed by atoms with Crippen molar-refractivity contribution in [2.75, 3.05) is 63.5 Å². The zero-order valence-electron chi connectivity index (χ0n) is 16.5. The van der Waals surface area contributed by atoms with Gasteiger partial charge in [-0.2, -0.15) is 4.98 Å². The number of halogens is 2. The van der Waals surface area contributed by atoms with Crippen molar-refractivity contribution in [2.45, 2.75) is 0 Å². The summed E-state index contributed by atoms with van der Waals surface area (Å²) in [5, 5.41) is 9.68. The molecule has 158 valence electrons. The number of nitrogens with zero attached hydrogens (tertiary/aromatic N) is 3. The molecule has 1 aromatic heterocycles. The number of methoxy groups -OCH3 is 2. The van der Waals surface area contributed by atoms with Crippen LogP contribution < -0.4 is 16.0 Å². The number of carbonyl (C=O) groups is 1. The van der Waals surface area contributed by atoms with Crippen LogP contribution in [-0.4, -0.2) is 68.5 Å². The molecule has 2 amide bonds. The quantitative estimate of drug-likeness (QED) is 0.515. The molecule has 0 aliphatic heterocycles. The fourth-order valence-corrected chi connectivity index (χ4v) is 2.64. The standard InChI is InChI=1S/C18H24Cl2N6O3/c1-21-16-15(24-18(27)26(6-8-28-2)7-9-29-3)11-22-17(25-16)23-12-4-5-13(19)14(20)10-12/h4-5,10-11H,6-9H2,1-3H3,(H,24,27)(H2,21,22,23,25). The van der Waals surface area contributed by atoms with Gasteiger partial charge in [0.15, 0.2) is 5.82 Å². The Bertz CT molecular complexity index is 816. The average Bonchev–Trinajstić information content (AvgIpc) is 2.71. The molecule has 0 unspecified atom stereocenters. The monoisotopic (exact) mass is 442 g/mol. The van der Waals surface area contributed by atoms with Gasteiger partial charge in [0.05, 0.1) is 29.5 Å². The van der Waals surface area contributed by atoms with E-state index in [1.165, 1.54) is 6.20 Å². The predicted octanol–water partition coefficient (Wildman–Crippen LogP) is 3.70. The Morgan fingerprint density at radius 3 is 2.41 bits per heavy atom. The Hall–Kier alpha value is -2.33. The van der Waals surface area contributed by atoms with Gasteiger partial charge in [-0.25, -0.2) is 9.78 Å². The van der Waals surface area contributed by atoms with Gasteiger partial charge in [0.2, 0.25) is 5.95 Å². The molecular weight excluding hydrogens is 419 g/mol. The summed E-state index contributed by atoms with van der Waals surface area (Å²) in [5.41, 5.74) is 1.13. The Labute approximate surface area is 179 Å². The topological polar surface area (TPSA) is 101 Å². The summed E-state index contributed by atoms with van der Waals surface area (Å²) in [5.74, 6) is 0.788. The minimum atomic E-state index is -0.301. The number of hydrogen-bond donors (Lipinski definition) is 3. The van der Waals surface area contributed by atoms with E-state index in [0.29, 0.717) is 59.5 Å². The highest BCUT2D eigenvalue weighted by molar-refractivity contribution is 6.42. The van der Waals surface area contributed by atoms with E-state index in [1.54, 1.807) is 44.4 Å². The number of anilines is 4. The van der Waals surface area contributed by atoms with E-state index in [-0.39, 0.29) is 6.03 Å². The summed E-state index contributed by atoms with van der Waals surface area (Å²) in [7, 11) is 4.87. The molecule has 0 fully saturated rings. The molecule has 1 heterocycles. The van der Waals surface area contributed by atoms with Crippen LogP contribution in [0.5, 0.6) is 0 Å². The van der Waals surface area contributed by atoms with E-state index >= 15 is 0 Å². The number of carbonyl (C=O) groups excluding carboxylic acids is 1. The van der Waals surface area contributed by atoms with Crippen LogP contribution >= 0.6 is 23.2 Å². The van der Waals surface area contributed by atoms with Crippen LogP contribution in [0.1, 0.15) is 0 Å². The first-order chi connectivity index (χ1) is 14.0. The highest BCUT2D eigenvalue weighted by Crippen LogP contribution is 2.27. The third-order valence-corrected chi connectivity index (χ3v) is 4.60. The first kappa shape index (κ1) is 23.0. The minimum absolute atomic E-state index is 0.301. The highest BCUT2D eigenvalue weighted by Gasteiger charge is 2.16. The fraction of sp³-hybridized carbons (Fsp3) is 0.389. The maximum absolute atomic E-state index is 12.6. The molecule has 2 aromatic rings. The number of nitrogens with one attached hydrogen (secondary N) is 3. The van der Waals surface area contributed by atoms with Crippen molar-refractivity contribution in [3.05, 3.63) is 34.4 Å². The van der Waals surface area contributed by atoms with Crippen molar-refractivity contribution >= 4 is 52.4 Å². The molecule has 0 bridgehead atoms. The van der Waals surface area contributed by atoms with Gasteiger partial charge < -0.3 is 30.3 Å². The summed E-state index contributed by atoms with van der Waals surface area (Å²) in [6.45, 7) is 1.69. The van der Waals surface area contributed by atoms with Crippen LogP contribution in [0.2, 0.25) is 10.0 Å². The molecule has 0 radical (unpaired) electrons. The number of amides is 2. The van der Waals surface area contributed by atoms with E-state index in [9.17, 15) is 4.79 Å². The van der Waals surface area contributed by atoms with E-state index in [2.05, 4.69) is 25.9 Å². The van der Waals surface area contributed by atoms with Gasteiger partial charge in [-0.1, -0.05) is 23.2 Å². The number of benzene rings is 1. The summed E-state index contributed by atoms with van der Waals surface area (Å²) in [6, 6.07) is 4.81. The number of urea groups is 1. The highest BCUT2D eigenvalue weighted by atomic mass is 35.5. The van der Waals surface area contributed by atoms with Crippen molar-refractivity contribution < 1.29 is 14.3 Å². The second kappa shape index (κ2) is 11.6. The Kier molecular flexibility index (Phi) is 9.20. The molecule has 0 aliphatic rings. The van der Waals surface area contributed by atoms with Gasteiger partial charge in [-0.15, -0.1) is 0 Å². The molecule has 11 heteroatoms. The third kappa shape index (κ3) is 6.90. The maximum Gasteiger partial charge on any atom is 0.322 e. The van der Waals surface area contributed by atoms with E-state index in [0.717, 1.165) is 0 Å². The molecule has 29 heavy (non-hydrogen) atoms. The summed E-state index contributed by atoms with van der Waals surface area (Å²) >= 11 is 12.0. The van der Waals surface area contributed by atoms with Gasteiger partial charge in [0.25, 0.3) is 0 Å². The van der Waals surface area contributed by atoms with Gasteiger partial charge in [0.1, 0.15) is 5.69 Å². The second-order valence-corrected chi connectivity index (χ2v) is 6.68. The van der Waals surface area contributed by atoms with E-state index < -0.39 is 0 Å². The Balaban J connectivity index is 2.12. The molecule has 0 saturated heterocycles. The van der Waals surface area contributed by atoms with Crippen molar-refractivity contribution in [1.82, 2.24) is 14.9 Å². The Morgan fingerprint density at radius 1 is 1.14 bits per heavy atom. The molecule has 0 spiro atoms. The lowest BCUT2D eigenvalue weighted by atomic mass is 10.3. The van der Waals surface area contributed by atoms with Gasteiger partial charge in [0, 0.05) is 40.0 Å². The third-order valence-electron chi connectivity index (χ3n) is 3.86. The van der Waals surface area contributed by atoms with Crippen LogP contribution in [0.25, 0.3) is 0 Å². The number of aromatic nitrogens is 2. The van der Waals surface area contributed by atoms with E-state index in [1.807, 2.05) is 0 Å². The first-order valence-electron chi connectivity index (χ1n) is 8.79. The lowest BCUT2D eigenvalue weighted by Crippen LogP contribution is -2.39. The van der Waals surface area contributed by atoms with Crippen molar-refractivity contribution in [3.63, 3.8) is 0 Å². The van der Waals surface area contributed by atoms with Gasteiger partial charge in [-0.05, 0) is 18.2 Å². The second-order valence-electron chi connectivity index (χ2n) is 5.86. The molecule has 0 atom stereocenters. The summed E-state index contributed by atoms with van der Waals surface area (Å²) in [6.07, 6.45) is 1.52. The van der Waals surface area contributed by atoms with Crippen LogP contribution in [0, 0.1) is 0 Å². The molecule has 9 nitrogen and oxygen atoms in total. The average molecular weight is 443 g/mol. The lowest BCUT2D eigenvalue weighted by molar-refractivity contribution is 0.127. The van der Waals surface area contributed by atoms with Crippen molar-refractivity contribution in [2.24, 2.45) is 0 Å². The molecule has 0 aliphatic carbocycles. The Morgan fingerprint density at radius 2 is 1.83 bits per heavy atom. The van der Waals surface area contributed by atoms with Gasteiger partial charge >= 0.3 is 6.03 Å². The molecule has 2 rings (SSSR count). The first-order valence-corrected chi connectivity index (χ1v) is 9.54. The minimum Gasteiger partial charge on any atom is -0.383 e. The number of rotatable bonds is 10. The molecule has 1 aromatic carbocycles. The molecular formula is C18H24Cl2N6O3. The lowest BCUT2D eigenvalue weighted by Gasteiger charge is -2.23. The van der Waals surface area contributed by atoms with Crippen LogP contribution in [0.3, 0.4) is 0 Å². The maximum atomic E-state index is 12.6. The number of ether oxygens (including phenoxy) is 2. The predicted molar refractivity (Wildman–Crippen MR) is 116 cm³/mol. The largest absolute Gasteiger partial charge is 0.383 e. The molecule has 0 saturated carbocycles. The van der Waals surface area contributed by atoms with Gasteiger partial charge in [-0.3, -0.25) is 0 Å². The van der Waals surface area contributed by atoms with Crippen LogP contribution in [-0.2, 0) is 9.47 Å². The smallest absolute Gasteiger partial charge is 0.322 e. The van der Waals surface area contributed by atoms with E-state index in [4.69, 9.17) is 32.7 Å². The zero-order valence-corrected chi connectivity index (χ0v) is 18.0. The summed E-state index contributed by atoms with van der Waals surface area (Å²) < 4.78 is 10.1. The summed E-state index contributed by atoms with van der Waals surface area (Å²) in [4.78, 5) is 22.8. The van der Waals surface area contributed by atoms with Crippen molar-refractivity contribution in [1.29, 1.82) is 0 Å². The van der Waals surface area contributed by atoms with Crippen LogP contribution in [0.4, 0.5) is 27.9 Å². The molecule has 3 N–H and O–H groups in total. The zero-order chi connectivity index (χ0) is 21.2.